The summed E-state index contributed by atoms with van der Waals surface area (Å²) in [4.78, 5) is 4.14. The number of methoxy groups -OCH3 is 2. The Labute approximate surface area is 84.0 Å². The van der Waals surface area contributed by atoms with Crippen LogP contribution in [0.2, 0.25) is 0 Å². The third kappa shape index (κ3) is 3.01. The maximum absolute atomic E-state index is 5.20. The fourth-order valence-corrected chi connectivity index (χ4v) is 1.14. The minimum atomic E-state index is 0.0525. The van der Waals surface area contributed by atoms with Crippen molar-refractivity contribution in [3.05, 3.63) is 12.4 Å². The zero-order chi connectivity index (χ0) is 10.4. The standard InChI is InChI=1S/C9H17N3O2/c1-12-5-4-10-9(12)11-6-8(14-3)7-13-2/h4-5,8H,6-7H2,1-3H3,(H,10,11). The lowest BCUT2D eigenvalue weighted by Gasteiger charge is -2.15. The number of aryl methyl sites for hydroxylation is 1. The molecule has 0 aliphatic heterocycles. The molecule has 0 spiro atoms. The first kappa shape index (κ1) is 11.0. The highest BCUT2D eigenvalue weighted by Crippen LogP contribution is 2.01. The van der Waals surface area contributed by atoms with Crippen molar-refractivity contribution < 1.29 is 9.47 Å². The maximum Gasteiger partial charge on any atom is 0.202 e. The minimum absolute atomic E-state index is 0.0525. The zero-order valence-electron chi connectivity index (χ0n) is 8.86. The van der Waals surface area contributed by atoms with Crippen LogP contribution in [0.3, 0.4) is 0 Å². The Morgan fingerprint density at radius 3 is 2.86 bits per heavy atom. The van der Waals surface area contributed by atoms with Gasteiger partial charge < -0.3 is 19.4 Å². The largest absolute Gasteiger partial charge is 0.382 e. The molecule has 0 amide bonds. The van der Waals surface area contributed by atoms with Crippen molar-refractivity contribution in [2.24, 2.45) is 7.05 Å². The average molecular weight is 199 g/mol. The molecule has 5 heteroatoms. The maximum atomic E-state index is 5.20. The molecule has 1 atom stereocenters. The highest BCUT2D eigenvalue weighted by molar-refractivity contribution is 5.25. The fourth-order valence-electron chi connectivity index (χ4n) is 1.14. The molecule has 1 unspecified atom stereocenters. The summed E-state index contributed by atoms with van der Waals surface area (Å²) in [6, 6.07) is 0. The van der Waals surface area contributed by atoms with E-state index in [1.807, 2.05) is 17.8 Å². The van der Waals surface area contributed by atoms with Crippen LogP contribution < -0.4 is 5.32 Å². The molecule has 0 fully saturated rings. The minimum Gasteiger partial charge on any atom is -0.382 e. The van der Waals surface area contributed by atoms with Crippen LogP contribution in [-0.2, 0) is 16.5 Å². The number of rotatable bonds is 6. The first-order valence-electron chi connectivity index (χ1n) is 4.51. The number of ether oxygens (including phenoxy) is 2. The Morgan fingerprint density at radius 1 is 1.57 bits per heavy atom. The van der Waals surface area contributed by atoms with Gasteiger partial charge in [0.2, 0.25) is 5.95 Å². The van der Waals surface area contributed by atoms with Gasteiger partial charge in [-0.05, 0) is 0 Å². The second-order valence-electron chi connectivity index (χ2n) is 3.06. The molecule has 0 aromatic carbocycles. The van der Waals surface area contributed by atoms with E-state index in [-0.39, 0.29) is 6.10 Å². The fraction of sp³-hybridized carbons (Fsp3) is 0.667. The second-order valence-corrected chi connectivity index (χ2v) is 3.06. The van der Waals surface area contributed by atoms with Crippen molar-refractivity contribution in [1.82, 2.24) is 9.55 Å². The van der Waals surface area contributed by atoms with Crippen LogP contribution in [0.1, 0.15) is 0 Å². The summed E-state index contributed by atoms with van der Waals surface area (Å²) in [5.41, 5.74) is 0. The Hall–Kier alpha value is -1.07. The quantitative estimate of drug-likeness (QED) is 0.724. The first-order valence-corrected chi connectivity index (χ1v) is 4.51. The van der Waals surface area contributed by atoms with Crippen molar-refractivity contribution in [3.63, 3.8) is 0 Å². The van der Waals surface area contributed by atoms with Gasteiger partial charge in [-0.25, -0.2) is 4.98 Å². The highest BCUT2D eigenvalue weighted by Gasteiger charge is 2.07. The molecular formula is C9H17N3O2. The molecule has 5 nitrogen and oxygen atoms in total. The molecule has 80 valence electrons. The molecule has 0 radical (unpaired) electrons. The Morgan fingerprint density at radius 2 is 2.36 bits per heavy atom. The van der Waals surface area contributed by atoms with Crippen LogP contribution in [0.25, 0.3) is 0 Å². The molecule has 0 saturated heterocycles. The molecule has 1 N–H and O–H groups in total. The lowest BCUT2D eigenvalue weighted by atomic mass is 10.4. The van der Waals surface area contributed by atoms with E-state index >= 15 is 0 Å². The van der Waals surface area contributed by atoms with Crippen molar-refractivity contribution in [3.8, 4) is 0 Å². The number of imidazole rings is 1. The number of aromatic nitrogens is 2. The molecule has 1 heterocycles. The van der Waals surface area contributed by atoms with Gasteiger partial charge in [0.25, 0.3) is 0 Å². The normalized spacial score (nSPS) is 12.8. The van der Waals surface area contributed by atoms with E-state index in [0.29, 0.717) is 13.2 Å². The Kier molecular flexibility index (Phi) is 4.42. The van der Waals surface area contributed by atoms with E-state index in [9.17, 15) is 0 Å². The summed E-state index contributed by atoms with van der Waals surface area (Å²) in [7, 11) is 5.27. The van der Waals surface area contributed by atoms with Crippen molar-refractivity contribution in [2.75, 3.05) is 32.7 Å². The molecular weight excluding hydrogens is 182 g/mol. The molecule has 14 heavy (non-hydrogen) atoms. The van der Waals surface area contributed by atoms with Gasteiger partial charge in [0, 0.05) is 40.2 Å². The Bertz CT molecular complexity index is 262. The molecule has 0 aliphatic carbocycles. The number of anilines is 1. The van der Waals surface area contributed by atoms with Gasteiger partial charge >= 0.3 is 0 Å². The van der Waals surface area contributed by atoms with E-state index in [1.54, 1.807) is 20.4 Å². The van der Waals surface area contributed by atoms with Gasteiger partial charge in [-0.15, -0.1) is 0 Å². The van der Waals surface area contributed by atoms with Crippen LogP contribution >= 0.6 is 0 Å². The molecule has 1 aromatic heterocycles. The Balaban J connectivity index is 2.35. The SMILES string of the molecule is COCC(CNc1nccn1C)OC. The van der Waals surface area contributed by atoms with Crippen LogP contribution in [0.15, 0.2) is 12.4 Å². The van der Waals surface area contributed by atoms with Gasteiger partial charge in [-0.3, -0.25) is 0 Å². The van der Waals surface area contributed by atoms with Crippen molar-refractivity contribution in [1.29, 1.82) is 0 Å². The third-order valence-electron chi connectivity index (χ3n) is 1.99. The lowest BCUT2D eigenvalue weighted by Crippen LogP contribution is -2.27. The van der Waals surface area contributed by atoms with E-state index in [4.69, 9.17) is 9.47 Å². The molecule has 0 aliphatic rings. The van der Waals surface area contributed by atoms with E-state index < -0.39 is 0 Å². The smallest absolute Gasteiger partial charge is 0.202 e. The molecule has 1 rings (SSSR count). The molecule has 0 saturated carbocycles. The number of hydrogen-bond acceptors (Lipinski definition) is 4. The van der Waals surface area contributed by atoms with Crippen LogP contribution in [0.4, 0.5) is 5.95 Å². The topological polar surface area (TPSA) is 48.3 Å². The van der Waals surface area contributed by atoms with Gasteiger partial charge in [-0.2, -0.15) is 0 Å². The third-order valence-corrected chi connectivity index (χ3v) is 1.99. The highest BCUT2D eigenvalue weighted by atomic mass is 16.5. The van der Waals surface area contributed by atoms with Crippen molar-refractivity contribution in [2.45, 2.75) is 6.10 Å². The summed E-state index contributed by atoms with van der Waals surface area (Å²) in [5.74, 6) is 0.836. The van der Waals surface area contributed by atoms with Gasteiger partial charge in [0.1, 0.15) is 0 Å². The monoisotopic (exact) mass is 199 g/mol. The average Bonchev–Trinajstić information content (AvgIpc) is 2.59. The number of nitrogens with zero attached hydrogens (tertiary/aromatic N) is 2. The van der Waals surface area contributed by atoms with E-state index in [0.717, 1.165) is 5.95 Å². The summed E-state index contributed by atoms with van der Waals surface area (Å²) in [5, 5.41) is 3.18. The van der Waals surface area contributed by atoms with Crippen LogP contribution in [0.5, 0.6) is 0 Å². The molecule has 0 bridgehead atoms. The number of nitrogens with one attached hydrogen (secondary N) is 1. The van der Waals surface area contributed by atoms with Crippen LogP contribution in [0, 0.1) is 0 Å². The van der Waals surface area contributed by atoms with E-state index in [1.165, 1.54) is 0 Å². The predicted molar refractivity (Wildman–Crippen MR) is 54.4 cm³/mol. The summed E-state index contributed by atoms with van der Waals surface area (Å²) in [6.07, 6.45) is 3.69. The van der Waals surface area contributed by atoms with E-state index in [2.05, 4.69) is 10.3 Å². The summed E-state index contributed by atoms with van der Waals surface area (Å²) in [6.45, 7) is 1.27. The zero-order valence-corrected chi connectivity index (χ0v) is 8.86. The van der Waals surface area contributed by atoms with Gasteiger partial charge in [0.15, 0.2) is 0 Å². The molecule has 1 aromatic rings. The summed E-state index contributed by atoms with van der Waals surface area (Å²) >= 11 is 0. The lowest BCUT2D eigenvalue weighted by molar-refractivity contribution is 0.0364. The second kappa shape index (κ2) is 5.62. The summed E-state index contributed by atoms with van der Waals surface area (Å²) < 4.78 is 12.1. The number of hydrogen-bond donors (Lipinski definition) is 1. The van der Waals surface area contributed by atoms with Gasteiger partial charge in [-0.1, -0.05) is 0 Å². The van der Waals surface area contributed by atoms with Crippen LogP contribution in [-0.4, -0.2) is 43.0 Å². The van der Waals surface area contributed by atoms with Gasteiger partial charge in [0.05, 0.1) is 12.7 Å². The first-order chi connectivity index (χ1) is 6.77. The predicted octanol–water partition coefficient (Wildman–Crippen LogP) is 0.493. The van der Waals surface area contributed by atoms with Crippen molar-refractivity contribution >= 4 is 5.95 Å².